The van der Waals surface area contributed by atoms with E-state index in [9.17, 15) is 9.90 Å². The Morgan fingerprint density at radius 3 is 2.33 bits per heavy atom. The number of carbonyl (C=O) groups is 1. The summed E-state index contributed by atoms with van der Waals surface area (Å²) >= 11 is 0. The lowest BCUT2D eigenvalue weighted by Crippen LogP contribution is -2.45. The van der Waals surface area contributed by atoms with E-state index in [1.807, 2.05) is 46.8 Å². The van der Waals surface area contributed by atoms with Crippen LogP contribution in [0.15, 0.2) is 12.1 Å². The smallest absolute Gasteiger partial charge is 0.316 e. The van der Waals surface area contributed by atoms with Crippen LogP contribution in [-0.4, -0.2) is 36.0 Å². The number of aliphatic hydroxyl groups excluding tert-OH is 1. The van der Waals surface area contributed by atoms with Gasteiger partial charge in [0, 0.05) is 7.11 Å². The zero-order valence-corrected chi connectivity index (χ0v) is 13.6. The summed E-state index contributed by atoms with van der Waals surface area (Å²) in [7, 11) is 1.55. The number of aliphatic hydroxyl groups is 1. The summed E-state index contributed by atoms with van der Waals surface area (Å²) in [5, 5.41) is 10.7. The second-order valence-corrected chi connectivity index (χ2v) is 6.37. The first kappa shape index (κ1) is 16.0. The number of ether oxygens (including phenoxy) is 2. The molecule has 0 radical (unpaired) electrons. The van der Waals surface area contributed by atoms with Gasteiger partial charge in [-0.3, -0.25) is 4.79 Å². The van der Waals surface area contributed by atoms with Crippen LogP contribution in [0.2, 0.25) is 0 Å². The Bertz CT molecular complexity index is 562. The minimum atomic E-state index is -0.911. The molecule has 1 heterocycles. The van der Waals surface area contributed by atoms with Gasteiger partial charge in [0.2, 0.25) is 0 Å². The fraction of sp³-hybridized carbons (Fsp3) is 0.588. The standard InChI is InChI=1S/C17H24O4/c1-9-7-8-10(2)12(11(9)3)13-14(18)15(21-16(13)19)17(4,5)20-6/h7-8,13-15,18H,1-6H3. The molecule has 116 valence electrons. The Morgan fingerprint density at radius 2 is 1.76 bits per heavy atom. The van der Waals surface area contributed by atoms with Gasteiger partial charge in [-0.25, -0.2) is 0 Å². The molecule has 0 saturated carbocycles. The summed E-state index contributed by atoms with van der Waals surface area (Å²) in [5.74, 6) is -1.03. The van der Waals surface area contributed by atoms with Gasteiger partial charge in [-0.15, -0.1) is 0 Å². The van der Waals surface area contributed by atoms with Crippen molar-refractivity contribution >= 4 is 5.97 Å². The topological polar surface area (TPSA) is 55.8 Å². The molecule has 1 aromatic rings. The third-order valence-corrected chi connectivity index (χ3v) is 4.67. The molecule has 0 spiro atoms. The van der Waals surface area contributed by atoms with Crippen molar-refractivity contribution in [1.82, 2.24) is 0 Å². The van der Waals surface area contributed by atoms with Crippen LogP contribution >= 0.6 is 0 Å². The SMILES string of the molecule is COC(C)(C)C1OC(=O)C(c2c(C)ccc(C)c2C)C1O. The van der Waals surface area contributed by atoms with Gasteiger partial charge in [-0.2, -0.15) is 0 Å². The van der Waals surface area contributed by atoms with Gasteiger partial charge >= 0.3 is 5.97 Å². The van der Waals surface area contributed by atoms with Crippen molar-refractivity contribution in [2.24, 2.45) is 0 Å². The molecular weight excluding hydrogens is 268 g/mol. The Hall–Kier alpha value is -1.39. The zero-order valence-electron chi connectivity index (χ0n) is 13.6. The number of cyclic esters (lactones) is 1. The molecule has 0 aliphatic carbocycles. The normalized spacial score (nSPS) is 26.0. The molecule has 0 amide bonds. The Balaban J connectivity index is 2.47. The number of methoxy groups -OCH3 is 1. The number of esters is 1. The minimum absolute atomic E-state index is 0.380. The van der Waals surface area contributed by atoms with Gasteiger partial charge < -0.3 is 14.6 Å². The van der Waals surface area contributed by atoms with E-state index in [0.29, 0.717) is 0 Å². The summed E-state index contributed by atoms with van der Waals surface area (Å²) in [6.07, 6.45) is -1.58. The molecule has 1 aliphatic heterocycles. The number of hydrogen-bond acceptors (Lipinski definition) is 4. The molecule has 0 bridgehead atoms. The molecular formula is C17H24O4. The highest BCUT2D eigenvalue weighted by Gasteiger charge is 2.52. The fourth-order valence-corrected chi connectivity index (χ4v) is 2.99. The summed E-state index contributed by atoms with van der Waals surface area (Å²) in [4.78, 5) is 12.3. The van der Waals surface area contributed by atoms with Crippen molar-refractivity contribution in [3.63, 3.8) is 0 Å². The summed E-state index contributed by atoms with van der Waals surface area (Å²) < 4.78 is 10.8. The van der Waals surface area contributed by atoms with Gasteiger partial charge in [0.25, 0.3) is 0 Å². The van der Waals surface area contributed by atoms with Gasteiger partial charge in [-0.05, 0) is 56.9 Å². The van der Waals surface area contributed by atoms with Crippen LogP contribution in [0.25, 0.3) is 0 Å². The van der Waals surface area contributed by atoms with E-state index in [2.05, 4.69) is 0 Å². The lowest BCUT2D eigenvalue weighted by Gasteiger charge is -2.31. The monoisotopic (exact) mass is 292 g/mol. The highest BCUT2D eigenvalue weighted by atomic mass is 16.6. The van der Waals surface area contributed by atoms with Crippen LogP contribution in [0, 0.1) is 20.8 Å². The van der Waals surface area contributed by atoms with Crippen LogP contribution in [-0.2, 0) is 14.3 Å². The number of hydrogen-bond donors (Lipinski definition) is 1. The molecule has 1 N–H and O–H groups in total. The maximum absolute atomic E-state index is 12.3. The molecule has 2 rings (SSSR count). The number of rotatable bonds is 3. The first-order valence-corrected chi connectivity index (χ1v) is 7.21. The molecule has 4 nitrogen and oxygen atoms in total. The van der Waals surface area contributed by atoms with Crippen molar-refractivity contribution < 1.29 is 19.4 Å². The number of aryl methyl sites for hydroxylation is 2. The molecule has 1 saturated heterocycles. The van der Waals surface area contributed by atoms with Crippen molar-refractivity contribution in [1.29, 1.82) is 0 Å². The van der Waals surface area contributed by atoms with Crippen LogP contribution in [0.1, 0.15) is 42.0 Å². The highest BCUT2D eigenvalue weighted by Crippen LogP contribution is 2.39. The molecule has 3 atom stereocenters. The Labute approximate surface area is 126 Å². The molecule has 1 aromatic carbocycles. The summed E-state index contributed by atoms with van der Waals surface area (Å²) in [5.41, 5.74) is 3.28. The van der Waals surface area contributed by atoms with Crippen molar-refractivity contribution in [2.45, 2.75) is 58.3 Å². The van der Waals surface area contributed by atoms with E-state index in [0.717, 1.165) is 22.3 Å². The minimum Gasteiger partial charge on any atom is -0.456 e. The molecule has 21 heavy (non-hydrogen) atoms. The lowest BCUT2D eigenvalue weighted by atomic mass is 9.82. The average molecular weight is 292 g/mol. The molecule has 1 fully saturated rings. The molecule has 3 unspecified atom stereocenters. The largest absolute Gasteiger partial charge is 0.456 e. The first-order valence-electron chi connectivity index (χ1n) is 7.21. The lowest BCUT2D eigenvalue weighted by molar-refractivity contribution is -0.157. The van der Waals surface area contributed by atoms with E-state index in [4.69, 9.17) is 9.47 Å². The average Bonchev–Trinajstić information content (AvgIpc) is 2.72. The van der Waals surface area contributed by atoms with Crippen molar-refractivity contribution in [3.05, 3.63) is 34.4 Å². The van der Waals surface area contributed by atoms with Crippen molar-refractivity contribution in [2.75, 3.05) is 7.11 Å². The third kappa shape index (κ3) is 2.58. The van der Waals surface area contributed by atoms with Crippen LogP contribution in [0.4, 0.5) is 0 Å². The van der Waals surface area contributed by atoms with Gasteiger partial charge in [-0.1, -0.05) is 12.1 Å². The molecule has 4 heteroatoms. The highest BCUT2D eigenvalue weighted by molar-refractivity contribution is 5.83. The Kier molecular flexibility index (Phi) is 4.13. The second kappa shape index (κ2) is 5.43. The van der Waals surface area contributed by atoms with Crippen LogP contribution < -0.4 is 0 Å². The maximum Gasteiger partial charge on any atom is 0.316 e. The van der Waals surface area contributed by atoms with E-state index >= 15 is 0 Å². The predicted molar refractivity (Wildman–Crippen MR) is 80.4 cm³/mol. The van der Waals surface area contributed by atoms with Gasteiger partial charge in [0.1, 0.15) is 17.6 Å². The Morgan fingerprint density at radius 1 is 1.19 bits per heavy atom. The summed E-state index contributed by atoms with van der Waals surface area (Å²) in [6, 6.07) is 4.00. The van der Waals surface area contributed by atoms with E-state index in [1.165, 1.54) is 0 Å². The van der Waals surface area contributed by atoms with Crippen molar-refractivity contribution in [3.8, 4) is 0 Å². The number of carbonyl (C=O) groups excluding carboxylic acids is 1. The quantitative estimate of drug-likeness (QED) is 0.869. The first-order chi connectivity index (χ1) is 9.70. The fourth-order valence-electron chi connectivity index (χ4n) is 2.99. The van der Waals surface area contributed by atoms with Gasteiger partial charge in [0.15, 0.2) is 6.10 Å². The third-order valence-electron chi connectivity index (χ3n) is 4.67. The second-order valence-electron chi connectivity index (χ2n) is 6.37. The zero-order chi connectivity index (χ0) is 15.9. The van der Waals surface area contributed by atoms with Gasteiger partial charge in [0.05, 0.1) is 0 Å². The molecule has 1 aliphatic rings. The summed E-state index contributed by atoms with van der Waals surface area (Å²) in [6.45, 7) is 9.56. The van der Waals surface area contributed by atoms with E-state index in [-0.39, 0.29) is 5.97 Å². The van der Waals surface area contributed by atoms with Crippen LogP contribution in [0.5, 0.6) is 0 Å². The van der Waals surface area contributed by atoms with E-state index < -0.39 is 23.7 Å². The van der Waals surface area contributed by atoms with Crippen LogP contribution in [0.3, 0.4) is 0 Å². The number of benzene rings is 1. The predicted octanol–water partition coefficient (Wildman–Crippen LogP) is 2.41. The molecule has 0 aromatic heterocycles. The van der Waals surface area contributed by atoms with E-state index in [1.54, 1.807) is 7.11 Å². The maximum atomic E-state index is 12.3.